The molecule has 12 heteroatoms. The van der Waals surface area contributed by atoms with Crippen LogP contribution in [0.2, 0.25) is 0 Å². The number of likely N-dealkylation sites (tertiary alicyclic amines) is 1. The van der Waals surface area contributed by atoms with Crippen molar-refractivity contribution in [3.8, 4) is 16.8 Å². The molecule has 2 saturated heterocycles. The van der Waals surface area contributed by atoms with Crippen molar-refractivity contribution < 1.29 is 19.1 Å². The quantitative estimate of drug-likeness (QED) is 0.230. The van der Waals surface area contributed by atoms with Gasteiger partial charge in [-0.3, -0.25) is 18.8 Å². The number of esters is 1. The molecule has 50 heavy (non-hydrogen) atoms. The zero-order valence-electron chi connectivity index (χ0n) is 29.0. The molecule has 2 aliphatic rings. The van der Waals surface area contributed by atoms with Crippen LogP contribution in [0.5, 0.6) is 0 Å². The summed E-state index contributed by atoms with van der Waals surface area (Å²) in [7, 11) is 1.81. The van der Waals surface area contributed by atoms with Crippen LogP contribution in [0.25, 0.3) is 28.0 Å². The third-order valence-corrected chi connectivity index (χ3v) is 9.41. The van der Waals surface area contributed by atoms with Gasteiger partial charge in [0.25, 0.3) is 5.91 Å². The molecule has 0 radical (unpaired) electrons. The molecule has 12 nitrogen and oxygen atoms in total. The number of rotatable bonds is 8. The minimum atomic E-state index is -0.612. The molecular weight excluding hydrogens is 634 g/mol. The summed E-state index contributed by atoms with van der Waals surface area (Å²) in [5.41, 5.74) is 3.80. The highest BCUT2D eigenvalue weighted by Gasteiger charge is 2.31. The van der Waals surface area contributed by atoms with Crippen molar-refractivity contribution in [2.45, 2.75) is 64.3 Å². The zero-order chi connectivity index (χ0) is 35.0. The third-order valence-electron chi connectivity index (χ3n) is 9.41. The summed E-state index contributed by atoms with van der Waals surface area (Å²) in [6.45, 7) is 8.51. The number of aromatic nitrogens is 5. The van der Waals surface area contributed by atoms with Gasteiger partial charge in [0.15, 0.2) is 5.65 Å². The Balaban J connectivity index is 1.20. The smallest absolute Gasteiger partial charge is 0.357 e. The number of nitrogens with zero attached hydrogens (tertiary/aromatic N) is 6. The Morgan fingerprint density at radius 3 is 2.40 bits per heavy atom. The number of hydrogen-bond acceptors (Lipinski definition) is 8. The van der Waals surface area contributed by atoms with E-state index in [1.807, 2.05) is 76.3 Å². The number of pyridine rings is 1. The average molecular weight is 678 g/mol. The van der Waals surface area contributed by atoms with E-state index in [0.29, 0.717) is 56.1 Å². The summed E-state index contributed by atoms with van der Waals surface area (Å²) in [5, 5.41) is 3.10. The van der Waals surface area contributed by atoms with E-state index in [4.69, 9.17) is 14.5 Å². The average Bonchev–Trinajstić information content (AvgIpc) is 3.79. The minimum absolute atomic E-state index is 0.0222. The Morgan fingerprint density at radius 1 is 0.960 bits per heavy atom. The van der Waals surface area contributed by atoms with Gasteiger partial charge < -0.3 is 19.4 Å². The van der Waals surface area contributed by atoms with Crippen LogP contribution in [0, 0.1) is 0 Å². The summed E-state index contributed by atoms with van der Waals surface area (Å²) >= 11 is 0. The number of benzene rings is 2. The Kier molecular flexibility index (Phi) is 9.15. The maximum absolute atomic E-state index is 14.4. The number of hydrogen-bond donors (Lipinski definition) is 1. The van der Waals surface area contributed by atoms with Crippen LogP contribution >= 0.6 is 0 Å². The van der Waals surface area contributed by atoms with E-state index in [-0.39, 0.29) is 29.4 Å². The fourth-order valence-electron chi connectivity index (χ4n) is 6.82. The van der Waals surface area contributed by atoms with E-state index in [0.717, 1.165) is 35.5 Å². The van der Waals surface area contributed by atoms with Gasteiger partial charge >= 0.3 is 11.7 Å². The standard InChI is InChI=1S/C38H43N7O5/c1-38(2,3)50-36(47)32-22-39-33(42(32)4)24-43-19-16-29(23-43)45-34-31(15-14-30(41-34)35(46)40-27-17-20-49-21-18-27)44(37(45)48)28-12-10-26(11-13-28)25-8-6-5-7-9-25/h5-15,22,27,29H,16-21,23-24H2,1-4H3,(H,40,46)/t29-/m0/s1. The van der Waals surface area contributed by atoms with E-state index >= 15 is 0 Å². The lowest BCUT2D eigenvalue weighted by atomic mass is 10.1. The lowest BCUT2D eigenvalue weighted by molar-refractivity contribution is 0.00582. The molecule has 0 unspecified atom stereocenters. The van der Waals surface area contributed by atoms with Gasteiger partial charge in [0.2, 0.25) is 0 Å². The largest absolute Gasteiger partial charge is 0.455 e. The Hall–Kier alpha value is -5.07. The van der Waals surface area contributed by atoms with E-state index in [1.54, 1.807) is 26.0 Å². The summed E-state index contributed by atoms with van der Waals surface area (Å²) in [6.07, 6.45) is 3.76. The zero-order valence-corrected chi connectivity index (χ0v) is 29.0. The molecule has 1 amide bonds. The lowest BCUT2D eigenvalue weighted by Crippen LogP contribution is -2.39. The number of imidazole rings is 2. The Morgan fingerprint density at radius 2 is 1.68 bits per heavy atom. The van der Waals surface area contributed by atoms with Crippen LogP contribution in [0.4, 0.5) is 0 Å². The predicted octanol–water partition coefficient (Wildman–Crippen LogP) is 4.90. The fourth-order valence-corrected chi connectivity index (χ4v) is 6.82. The molecular formula is C38H43N7O5. The van der Waals surface area contributed by atoms with Gasteiger partial charge in [-0.1, -0.05) is 42.5 Å². The van der Waals surface area contributed by atoms with Crippen molar-refractivity contribution in [2.75, 3.05) is 26.3 Å². The monoisotopic (exact) mass is 677 g/mol. The molecule has 5 aromatic rings. The summed E-state index contributed by atoms with van der Waals surface area (Å²) in [6, 6.07) is 21.4. The molecule has 2 aromatic carbocycles. The third kappa shape index (κ3) is 6.86. The number of carbonyl (C=O) groups is 2. The van der Waals surface area contributed by atoms with Gasteiger partial charge in [-0.05, 0) is 75.4 Å². The maximum Gasteiger partial charge on any atom is 0.357 e. The summed E-state index contributed by atoms with van der Waals surface area (Å²) in [4.78, 5) is 52.1. The maximum atomic E-state index is 14.4. The second-order valence-corrected chi connectivity index (χ2v) is 14.1. The second kappa shape index (κ2) is 13.7. The number of fused-ring (bicyclic) bond motifs is 1. The first-order valence-corrected chi connectivity index (χ1v) is 17.2. The van der Waals surface area contributed by atoms with Crippen molar-refractivity contribution in [3.63, 3.8) is 0 Å². The van der Waals surface area contributed by atoms with E-state index < -0.39 is 11.6 Å². The van der Waals surface area contributed by atoms with Gasteiger partial charge in [0.05, 0.1) is 30.0 Å². The first-order valence-electron chi connectivity index (χ1n) is 17.2. The van der Waals surface area contributed by atoms with Gasteiger partial charge in [-0.25, -0.2) is 19.6 Å². The predicted molar refractivity (Wildman–Crippen MR) is 189 cm³/mol. The SMILES string of the molecule is Cn1c(C(=O)OC(C)(C)C)cnc1CN1CC[C@H](n2c(=O)n(-c3ccc(-c4ccccc4)cc3)c3ccc(C(=O)NC4CCOCC4)nc32)C1. The number of amides is 1. The highest BCUT2D eigenvalue weighted by molar-refractivity contribution is 5.94. The Labute approximate surface area is 290 Å². The van der Waals surface area contributed by atoms with Crippen LogP contribution in [0.1, 0.15) is 72.9 Å². The molecule has 1 N–H and O–H groups in total. The molecule has 0 aliphatic carbocycles. The van der Waals surface area contributed by atoms with Crippen molar-refractivity contribution in [3.05, 3.63) is 101 Å². The molecule has 7 rings (SSSR count). The second-order valence-electron chi connectivity index (χ2n) is 14.1. The first kappa shape index (κ1) is 33.4. The van der Waals surface area contributed by atoms with Crippen LogP contribution in [0.15, 0.2) is 77.7 Å². The number of nitrogens with one attached hydrogen (secondary N) is 1. The molecule has 0 saturated carbocycles. The molecule has 3 aromatic heterocycles. The number of ether oxygens (including phenoxy) is 2. The summed E-state index contributed by atoms with van der Waals surface area (Å²) < 4.78 is 16.2. The molecule has 0 spiro atoms. The Bertz CT molecular complexity index is 2070. The van der Waals surface area contributed by atoms with E-state index in [2.05, 4.69) is 27.3 Å². The molecule has 5 heterocycles. The van der Waals surface area contributed by atoms with Gasteiger partial charge in [0, 0.05) is 39.4 Å². The number of carbonyl (C=O) groups excluding carboxylic acids is 2. The summed E-state index contributed by atoms with van der Waals surface area (Å²) in [5.74, 6) is 0.0447. The topological polar surface area (TPSA) is 126 Å². The van der Waals surface area contributed by atoms with Crippen molar-refractivity contribution >= 4 is 23.0 Å². The lowest BCUT2D eigenvalue weighted by Gasteiger charge is -2.22. The van der Waals surface area contributed by atoms with Crippen LogP contribution in [-0.2, 0) is 23.1 Å². The van der Waals surface area contributed by atoms with Crippen molar-refractivity contribution in [1.82, 2.24) is 33.9 Å². The van der Waals surface area contributed by atoms with Crippen LogP contribution < -0.4 is 11.0 Å². The highest BCUT2D eigenvalue weighted by Crippen LogP contribution is 2.28. The van der Waals surface area contributed by atoms with E-state index in [9.17, 15) is 14.4 Å². The van der Waals surface area contributed by atoms with Gasteiger partial charge in [0.1, 0.15) is 22.8 Å². The molecule has 2 aliphatic heterocycles. The van der Waals surface area contributed by atoms with Crippen molar-refractivity contribution in [2.24, 2.45) is 7.05 Å². The van der Waals surface area contributed by atoms with Gasteiger partial charge in [-0.15, -0.1) is 0 Å². The van der Waals surface area contributed by atoms with E-state index in [1.165, 1.54) is 0 Å². The molecule has 1 atom stereocenters. The molecule has 260 valence electrons. The molecule has 0 bridgehead atoms. The van der Waals surface area contributed by atoms with Crippen molar-refractivity contribution in [1.29, 1.82) is 0 Å². The highest BCUT2D eigenvalue weighted by atomic mass is 16.6. The first-order chi connectivity index (χ1) is 24.1. The normalized spacial score (nSPS) is 17.3. The van der Waals surface area contributed by atoms with Crippen LogP contribution in [0.3, 0.4) is 0 Å². The fraction of sp³-hybridized carbons (Fsp3) is 0.395. The minimum Gasteiger partial charge on any atom is -0.455 e. The van der Waals surface area contributed by atoms with Crippen LogP contribution in [-0.4, -0.2) is 78.4 Å². The van der Waals surface area contributed by atoms with Gasteiger partial charge in [-0.2, -0.15) is 0 Å². The molecule has 2 fully saturated rings.